The summed E-state index contributed by atoms with van der Waals surface area (Å²) in [5, 5.41) is 0. The average molecular weight is 386 g/mol. The summed E-state index contributed by atoms with van der Waals surface area (Å²) in [6.07, 6.45) is 0.654. The Hall–Kier alpha value is -3.07. The van der Waals surface area contributed by atoms with Crippen LogP contribution in [0.2, 0.25) is 0 Å². The van der Waals surface area contributed by atoms with E-state index in [4.69, 9.17) is 4.74 Å². The van der Waals surface area contributed by atoms with Crippen LogP contribution in [0, 0.1) is 0 Å². The van der Waals surface area contributed by atoms with Crippen LogP contribution in [0.4, 0.5) is 5.69 Å². The number of esters is 1. The van der Waals surface area contributed by atoms with Crippen molar-refractivity contribution in [3.05, 3.63) is 102 Å². The number of anilines is 1. The lowest BCUT2D eigenvalue weighted by atomic mass is 9.96. The molecule has 1 atom stereocenters. The molecule has 1 aliphatic heterocycles. The summed E-state index contributed by atoms with van der Waals surface area (Å²) in [5.41, 5.74) is 4.07. The topological polar surface area (TPSA) is 29.5 Å². The Bertz CT molecular complexity index is 937. The first kappa shape index (κ1) is 19.3. The van der Waals surface area contributed by atoms with Gasteiger partial charge in [0.25, 0.3) is 0 Å². The van der Waals surface area contributed by atoms with E-state index in [0.29, 0.717) is 6.42 Å². The maximum absolute atomic E-state index is 13.2. The van der Waals surface area contributed by atoms with Gasteiger partial charge < -0.3 is 9.64 Å². The summed E-state index contributed by atoms with van der Waals surface area (Å²) in [4.78, 5) is 15.5. The lowest BCUT2D eigenvalue weighted by molar-refractivity contribution is -0.156. The zero-order valence-corrected chi connectivity index (χ0v) is 17.2. The molecule has 0 aromatic heterocycles. The van der Waals surface area contributed by atoms with Crippen molar-refractivity contribution >= 4 is 11.7 Å². The largest absolute Gasteiger partial charge is 0.458 e. The number of para-hydroxylation sites is 1. The van der Waals surface area contributed by atoms with Crippen molar-refractivity contribution in [1.82, 2.24) is 0 Å². The highest BCUT2D eigenvalue weighted by Crippen LogP contribution is 2.42. The molecule has 0 aliphatic carbocycles. The van der Waals surface area contributed by atoms with E-state index in [1.165, 1.54) is 5.56 Å². The summed E-state index contributed by atoms with van der Waals surface area (Å²) >= 11 is 0. The van der Waals surface area contributed by atoms with E-state index in [9.17, 15) is 4.79 Å². The number of carbonyl (C=O) groups is 1. The molecule has 29 heavy (non-hydrogen) atoms. The van der Waals surface area contributed by atoms with Crippen LogP contribution in [-0.2, 0) is 16.0 Å². The molecular weight excluding hydrogens is 358 g/mol. The SMILES string of the molecule is CC(C)(C)OC(=O)[C@@H]1Cc2ccccc2N1C(c1ccccc1)c1ccccc1. The molecule has 3 nitrogen and oxygen atoms in total. The second-order valence-corrected chi connectivity index (χ2v) is 8.51. The quantitative estimate of drug-likeness (QED) is 0.552. The van der Waals surface area contributed by atoms with Crippen LogP contribution in [0.3, 0.4) is 0 Å². The standard InChI is InChI=1S/C26H27NO2/c1-26(2,3)29-25(28)23-18-21-16-10-11-17-22(21)27(23)24(19-12-6-4-7-13-19)20-14-8-5-9-15-20/h4-17,23-24H,18H2,1-3H3/t23-/m0/s1. The number of rotatable bonds is 4. The molecule has 0 unspecified atom stereocenters. The second kappa shape index (κ2) is 7.75. The van der Waals surface area contributed by atoms with Gasteiger partial charge in [-0.15, -0.1) is 0 Å². The van der Waals surface area contributed by atoms with Gasteiger partial charge in [0.1, 0.15) is 11.6 Å². The summed E-state index contributed by atoms with van der Waals surface area (Å²) in [6.45, 7) is 5.76. The third-order valence-corrected chi connectivity index (χ3v) is 5.21. The van der Waals surface area contributed by atoms with Gasteiger partial charge in [-0.25, -0.2) is 4.79 Å². The lowest BCUT2D eigenvalue weighted by Gasteiger charge is -2.36. The zero-order chi connectivity index (χ0) is 20.4. The van der Waals surface area contributed by atoms with Crippen LogP contribution in [0.25, 0.3) is 0 Å². The maximum Gasteiger partial charge on any atom is 0.329 e. The molecule has 3 aromatic rings. The Labute approximate surface area is 172 Å². The van der Waals surface area contributed by atoms with Crippen LogP contribution in [-0.4, -0.2) is 17.6 Å². The van der Waals surface area contributed by atoms with Crippen LogP contribution in [0.15, 0.2) is 84.9 Å². The molecule has 0 saturated carbocycles. The molecule has 0 fully saturated rings. The van der Waals surface area contributed by atoms with Crippen molar-refractivity contribution in [3.8, 4) is 0 Å². The highest BCUT2D eigenvalue weighted by atomic mass is 16.6. The first-order valence-corrected chi connectivity index (χ1v) is 10.1. The maximum atomic E-state index is 13.2. The van der Waals surface area contributed by atoms with E-state index in [1.54, 1.807) is 0 Å². The highest BCUT2D eigenvalue weighted by Gasteiger charge is 2.41. The minimum absolute atomic E-state index is 0.0708. The van der Waals surface area contributed by atoms with Gasteiger partial charge in [-0.1, -0.05) is 78.9 Å². The monoisotopic (exact) mass is 385 g/mol. The molecule has 0 N–H and O–H groups in total. The molecule has 0 bridgehead atoms. The summed E-state index contributed by atoms with van der Waals surface area (Å²) < 4.78 is 5.82. The van der Waals surface area contributed by atoms with Crippen molar-refractivity contribution in [1.29, 1.82) is 0 Å². The van der Waals surface area contributed by atoms with E-state index >= 15 is 0 Å². The minimum atomic E-state index is -0.521. The van der Waals surface area contributed by atoms with Gasteiger partial charge in [0, 0.05) is 12.1 Å². The van der Waals surface area contributed by atoms with Crippen LogP contribution in [0.5, 0.6) is 0 Å². The van der Waals surface area contributed by atoms with Gasteiger partial charge in [-0.2, -0.15) is 0 Å². The summed E-state index contributed by atoms with van der Waals surface area (Å²) in [6, 6.07) is 28.6. The molecule has 1 heterocycles. The first-order valence-electron chi connectivity index (χ1n) is 10.1. The number of hydrogen-bond donors (Lipinski definition) is 0. The highest BCUT2D eigenvalue weighted by molar-refractivity contribution is 5.85. The number of hydrogen-bond acceptors (Lipinski definition) is 3. The van der Waals surface area contributed by atoms with Crippen molar-refractivity contribution in [2.45, 2.75) is 44.9 Å². The summed E-state index contributed by atoms with van der Waals surface area (Å²) in [5.74, 6) is -0.175. The summed E-state index contributed by atoms with van der Waals surface area (Å²) in [7, 11) is 0. The van der Waals surface area contributed by atoms with Gasteiger partial charge in [-0.05, 0) is 43.5 Å². The molecular formula is C26H27NO2. The van der Waals surface area contributed by atoms with Crippen LogP contribution < -0.4 is 4.90 Å². The molecule has 0 saturated heterocycles. The fourth-order valence-electron chi connectivity index (χ4n) is 4.08. The van der Waals surface area contributed by atoms with E-state index < -0.39 is 5.60 Å². The Morgan fingerprint density at radius 3 is 1.93 bits per heavy atom. The molecule has 148 valence electrons. The molecule has 3 aromatic carbocycles. The Morgan fingerprint density at radius 2 is 1.38 bits per heavy atom. The van der Waals surface area contributed by atoms with Gasteiger partial charge >= 0.3 is 5.97 Å². The van der Waals surface area contributed by atoms with Crippen molar-refractivity contribution in [2.24, 2.45) is 0 Å². The first-order chi connectivity index (χ1) is 13.9. The average Bonchev–Trinajstić information content (AvgIpc) is 3.08. The van der Waals surface area contributed by atoms with E-state index in [2.05, 4.69) is 65.6 Å². The third-order valence-electron chi connectivity index (χ3n) is 5.21. The smallest absolute Gasteiger partial charge is 0.329 e. The molecule has 4 rings (SSSR count). The van der Waals surface area contributed by atoms with E-state index in [0.717, 1.165) is 16.8 Å². The molecule has 0 radical (unpaired) electrons. The van der Waals surface area contributed by atoms with Gasteiger partial charge in [0.15, 0.2) is 0 Å². The lowest BCUT2D eigenvalue weighted by Crippen LogP contribution is -2.44. The van der Waals surface area contributed by atoms with Gasteiger partial charge in [0.05, 0.1) is 6.04 Å². The van der Waals surface area contributed by atoms with Crippen LogP contribution >= 0.6 is 0 Å². The second-order valence-electron chi connectivity index (χ2n) is 8.51. The molecule has 0 amide bonds. The predicted molar refractivity (Wildman–Crippen MR) is 117 cm³/mol. The Balaban J connectivity index is 1.84. The minimum Gasteiger partial charge on any atom is -0.458 e. The number of carbonyl (C=O) groups excluding carboxylic acids is 1. The fraction of sp³-hybridized carbons (Fsp3) is 0.269. The molecule has 0 spiro atoms. The van der Waals surface area contributed by atoms with Gasteiger partial charge in [-0.3, -0.25) is 0 Å². The Morgan fingerprint density at radius 1 is 0.862 bits per heavy atom. The van der Waals surface area contributed by atoms with E-state index in [1.807, 2.05) is 45.0 Å². The third kappa shape index (κ3) is 4.04. The van der Waals surface area contributed by atoms with Crippen molar-refractivity contribution in [3.63, 3.8) is 0 Å². The number of fused-ring (bicyclic) bond motifs is 1. The number of nitrogens with zero attached hydrogens (tertiary/aromatic N) is 1. The van der Waals surface area contributed by atoms with E-state index in [-0.39, 0.29) is 18.1 Å². The number of benzene rings is 3. The Kier molecular flexibility index (Phi) is 5.14. The predicted octanol–water partition coefficient (Wildman–Crippen LogP) is 5.55. The number of ether oxygens (including phenoxy) is 1. The van der Waals surface area contributed by atoms with Crippen molar-refractivity contribution < 1.29 is 9.53 Å². The van der Waals surface area contributed by atoms with Gasteiger partial charge in [0.2, 0.25) is 0 Å². The van der Waals surface area contributed by atoms with Crippen molar-refractivity contribution in [2.75, 3.05) is 4.90 Å². The molecule has 3 heteroatoms. The fourth-order valence-corrected chi connectivity index (χ4v) is 4.08. The zero-order valence-electron chi connectivity index (χ0n) is 17.2. The normalized spacial score (nSPS) is 16.0. The van der Waals surface area contributed by atoms with Crippen LogP contribution in [0.1, 0.15) is 43.5 Å². The molecule has 1 aliphatic rings.